The Morgan fingerprint density at radius 2 is 2.22 bits per heavy atom. The first-order valence-electron chi connectivity index (χ1n) is 5.11. The number of rotatable bonds is 1. The van der Waals surface area contributed by atoms with Crippen molar-refractivity contribution in [2.24, 2.45) is 0 Å². The molecule has 1 aromatic rings. The highest BCUT2D eigenvalue weighted by Gasteiger charge is 2.33. The fourth-order valence-electron chi connectivity index (χ4n) is 1.60. The predicted molar refractivity (Wildman–Crippen MR) is 61.6 cm³/mol. The fraction of sp³-hybridized carbons (Fsp3) is 0.364. The van der Waals surface area contributed by atoms with E-state index in [9.17, 15) is 18.0 Å². The van der Waals surface area contributed by atoms with Crippen molar-refractivity contribution in [1.82, 2.24) is 0 Å². The molecule has 1 N–H and O–H groups in total. The summed E-state index contributed by atoms with van der Waals surface area (Å²) in [4.78, 5) is 11.8. The number of fused-ring (bicyclic) bond motifs is 1. The largest absolute Gasteiger partial charge is 0.468 e. The number of halogens is 3. The molecule has 7 heteroatoms. The first-order valence-corrected chi connectivity index (χ1v) is 5.99. The Morgan fingerprint density at radius 3 is 2.83 bits per heavy atom. The molecule has 0 saturated heterocycles. The lowest BCUT2D eigenvalue weighted by atomic mass is 10.2. The van der Waals surface area contributed by atoms with Crippen LogP contribution >= 0.6 is 11.8 Å². The molecule has 1 atom stereocenters. The molecule has 0 spiro atoms. The van der Waals surface area contributed by atoms with Crippen molar-refractivity contribution in [2.75, 3.05) is 19.0 Å². The number of nitrogens with one attached hydrogen (secondary N) is 1. The lowest BCUT2D eigenvalue weighted by molar-refractivity contribution is -0.139. The number of carbonyl (C=O) groups excluding carboxylic acids is 1. The number of hydrogen-bond acceptors (Lipinski definition) is 4. The van der Waals surface area contributed by atoms with E-state index in [0.717, 1.165) is 23.9 Å². The number of thioether (sulfide) groups is 1. The van der Waals surface area contributed by atoms with E-state index >= 15 is 0 Å². The number of esters is 1. The first-order chi connectivity index (χ1) is 8.41. The Labute approximate surface area is 106 Å². The van der Waals surface area contributed by atoms with Crippen LogP contribution in [0.2, 0.25) is 0 Å². The highest BCUT2D eigenvalue weighted by Crippen LogP contribution is 2.39. The number of hydrogen-bond donors (Lipinski definition) is 1. The number of alkyl halides is 3. The average Bonchev–Trinajstić information content (AvgIpc) is 2.35. The van der Waals surface area contributed by atoms with Gasteiger partial charge in [0.2, 0.25) is 0 Å². The molecule has 0 bridgehead atoms. The molecule has 1 heterocycles. The van der Waals surface area contributed by atoms with Crippen LogP contribution in [0.4, 0.5) is 18.9 Å². The van der Waals surface area contributed by atoms with Gasteiger partial charge in [-0.1, -0.05) is 0 Å². The molecule has 0 saturated carbocycles. The van der Waals surface area contributed by atoms with Crippen LogP contribution in [-0.4, -0.2) is 24.9 Å². The van der Waals surface area contributed by atoms with Crippen LogP contribution < -0.4 is 5.32 Å². The summed E-state index contributed by atoms with van der Waals surface area (Å²) in [5.41, 5.74) is -0.116. The van der Waals surface area contributed by atoms with Gasteiger partial charge in [0.25, 0.3) is 0 Å². The lowest BCUT2D eigenvalue weighted by Gasteiger charge is -2.24. The van der Waals surface area contributed by atoms with Crippen LogP contribution in [0.1, 0.15) is 5.56 Å². The molecule has 0 amide bonds. The van der Waals surface area contributed by atoms with E-state index in [-0.39, 0.29) is 0 Å². The minimum Gasteiger partial charge on any atom is -0.468 e. The van der Waals surface area contributed by atoms with E-state index in [2.05, 4.69) is 10.1 Å². The molecule has 3 nitrogen and oxygen atoms in total. The Hall–Kier alpha value is -1.37. The van der Waals surface area contributed by atoms with Gasteiger partial charge in [-0.15, -0.1) is 11.8 Å². The molecule has 0 aliphatic carbocycles. The summed E-state index contributed by atoms with van der Waals surface area (Å²) >= 11 is 1.08. The van der Waals surface area contributed by atoms with Crippen LogP contribution in [0.5, 0.6) is 0 Å². The predicted octanol–water partition coefficient (Wildman–Crippen LogP) is 2.76. The summed E-state index contributed by atoms with van der Waals surface area (Å²) < 4.78 is 42.3. The van der Waals surface area contributed by atoms with Gasteiger partial charge in [-0.05, 0) is 18.2 Å². The average molecular weight is 277 g/mol. The zero-order chi connectivity index (χ0) is 13.3. The normalized spacial score (nSPS) is 18.8. The van der Waals surface area contributed by atoms with E-state index < -0.39 is 23.0 Å². The van der Waals surface area contributed by atoms with Gasteiger partial charge in [0.05, 0.1) is 12.7 Å². The Kier molecular flexibility index (Phi) is 3.43. The maximum Gasteiger partial charge on any atom is 0.416 e. The number of carbonyl (C=O) groups is 1. The molecule has 1 aliphatic heterocycles. The van der Waals surface area contributed by atoms with Crippen molar-refractivity contribution < 1.29 is 22.7 Å². The number of methoxy groups -OCH3 is 1. The van der Waals surface area contributed by atoms with Gasteiger partial charge in [0, 0.05) is 17.1 Å². The SMILES string of the molecule is COC(=O)C1CNc2ccc(C(F)(F)F)cc2S1. The molecule has 1 aliphatic rings. The highest BCUT2D eigenvalue weighted by atomic mass is 32.2. The van der Waals surface area contributed by atoms with Crippen molar-refractivity contribution in [2.45, 2.75) is 16.3 Å². The summed E-state index contributed by atoms with van der Waals surface area (Å²) in [6.07, 6.45) is -4.38. The van der Waals surface area contributed by atoms with E-state index in [0.29, 0.717) is 17.1 Å². The van der Waals surface area contributed by atoms with E-state index in [1.165, 1.54) is 13.2 Å². The lowest BCUT2D eigenvalue weighted by Crippen LogP contribution is -2.30. The molecule has 1 aromatic carbocycles. The molecule has 0 aromatic heterocycles. The first kappa shape index (κ1) is 13.1. The van der Waals surface area contributed by atoms with Crippen LogP contribution in [-0.2, 0) is 15.7 Å². The minimum atomic E-state index is -4.38. The molecular weight excluding hydrogens is 267 g/mol. The third kappa shape index (κ3) is 2.55. The van der Waals surface area contributed by atoms with Crippen LogP contribution in [0.15, 0.2) is 23.1 Å². The van der Waals surface area contributed by atoms with Gasteiger partial charge in [-0.2, -0.15) is 13.2 Å². The molecule has 18 heavy (non-hydrogen) atoms. The topological polar surface area (TPSA) is 38.3 Å². The van der Waals surface area contributed by atoms with E-state index in [1.807, 2.05) is 0 Å². The smallest absolute Gasteiger partial charge is 0.416 e. The monoisotopic (exact) mass is 277 g/mol. The maximum absolute atomic E-state index is 12.6. The quantitative estimate of drug-likeness (QED) is 0.801. The molecular formula is C11H10F3NO2S. The van der Waals surface area contributed by atoms with Gasteiger partial charge in [0.15, 0.2) is 0 Å². The summed E-state index contributed by atoms with van der Waals surface area (Å²) in [7, 11) is 1.25. The third-order valence-corrected chi connectivity index (χ3v) is 3.76. The number of ether oxygens (including phenoxy) is 1. The Balaban J connectivity index is 2.27. The van der Waals surface area contributed by atoms with Crippen molar-refractivity contribution in [3.05, 3.63) is 23.8 Å². The molecule has 1 unspecified atom stereocenters. The third-order valence-electron chi connectivity index (χ3n) is 2.52. The van der Waals surface area contributed by atoms with Crippen LogP contribution in [0, 0.1) is 0 Å². The second kappa shape index (κ2) is 4.72. The molecule has 0 fully saturated rings. The fourth-order valence-corrected chi connectivity index (χ4v) is 2.73. The zero-order valence-electron chi connectivity index (χ0n) is 9.38. The number of benzene rings is 1. The summed E-state index contributed by atoms with van der Waals surface area (Å²) in [5.74, 6) is -0.449. The van der Waals surface area contributed by atoms with Crippen molar-refractivity contribution in [1.29, 1.82) is 0 Å². The van der Waals surface area contributed by atoms with Crippen molar-refractivity contribution >= 4 is 23.4 Å². The van der Waals surface area contributed by atoms with Gasteiger partial charge >= 0.3 is 12.1 Å². The Bertz CT molecular complexity index is 476. The van der Waals surface area contributed by atoms with Gasteiger partial charge in [-0.3, -0.25) is 4.79 Å². The second-order valence-corrected chi connectivity index (χ2v) is 4.96. The van der Waals surface area contributed by atoms with Crippen molar-refractivity contribution in [3.8, 4) is 0 Å². The minimum absolute atomic E-state index is 0.343. The summed E-state index contributed by atoms with van der Waals surface area (Å²) in [6, 6.07) is 3.44. The van der Waals surface area contributed by atoms with Gasteiger partial charge < -0.3 is 10.1 Å². The highest BCUT2D eigenvalue weighted by molar-refractivity contribution is 8.00. The standard InChI is InChI=1S/C11H10F3NO2S/c1-17-10(16)9-5-15-7-3-2-6(11(12,13)14)4-8(7)18-9/h2-4,9,15H,5H2,1H3. The van der Waals surface area contributed by atoms with Crippen LogP contribution in [0.3, 0.4) is 0 Å². The van der Waals surface area contributed by atoms with Crippen LogP contribution in [0.25, 0.3) is 0 Å². The summed E-state index contributed by atoms with van der Waals surface area (Å²) in [5, 5.41) is 2.40. The second-order valence-electron chi connectivity index (χ2n) is 3.72. The maximum atomic E-state index is 12.6. The van der Waals surface area contributed by atoms with Gasteiger partial charge in [0.1, 0.15) is 5.25 Å². The summed E-state index contributed by atoms with van der Waals surface area (Å²) in [6.45, 7) is 0.343. The van der Waals surface area contributed by atoms with E-state index in [4.69, 9.17) is 0 Å². The van der Waals surface area contributed by atoms with E-state index in [1.54, 1.807) is 0 Å². The molecule has 0 radical (unpaired) electrons. The molecule has 98 valence electrons. The van der Waals surface area contributed by atoms with Gasteiger partial charge in [-0.25, -0.2) is 0 Å². The van der Waals surface area contributed by atoms with Crippen molar-refractivity contribution in [3.63, 3.8) is 0 Å². The Morgan fingerprint density at radius 1 is 1.50 bits per heavy atom. The number of anilines is 1. The zero-order valence-corrected chi connectivity index (χ0v) is 10.2. The molecule has 2 rings (SSSR count).